The quantitative estimate of drug-likeness (QED) is 0.537. The molecular weight excluding hydrogens is 348 g/mol. The molecule has 0 saturated carbocycles. The largest absolute Gasteiger partial charge is 0.456 e. The Kier molecular flexibility index (Phi) is 3.24. The summed E-state index contributed by atoms with van der Waals surface area (Å²) in [5.74, 6) is 1.44. The molecule has 4 nitrogen and oxygen atoms in total. The van der Waals surface area contributed by atoms with Crippen LogP contribution in [0.3, 0.4) is 0 Å². The Morgan fingerprint density at radius 2 is 1.50 bits per heavy atom. The van der Waals surface area contributed by atoms with Crippen LogP contribution in [0.15, 0.2) is 48.5 Å². The molecule has 3 aromatic carbocycles. The van der Waals surface area contributed by atoms with Crippen molar-refractivity contribution < 1.29 is 9.47 Å². The molecule has 142 valence electrons. The fraction of sp³-hybridized carbons (Fsp3) is 0.250. The zero-order chi connectivity index (χ0) is 19.8. The number of benzene rings is 3. The Balaban J connectivity index is 1.96. The monoisotopic (exact) mass is 372 g/mol. The Morgan fingerprint density at radius 3 is 2.25 bits per heavy atom. The van der Waals surface area contributed by atoms with E-state index in [0.29, 0.717) is 17.1 Å². The van der Waals surface area contributed by atoms with Crippen LogP contribution in [0, 0.1) is 13.8 Å². The first-order chi connectivity index (χ1) is 13.3. The minimum Gasteiger partial charge on any atom is -0.456 e. The molecular formula is C24H24N2O2. The van der Waals surface area contributed by atoms with E-state index in [0.717, 1.165) is 33.6 Å². The molecule has 2 aliphatic rings. The number of nitrogens with two attached hydrogens (primary N) is 2. The number of anilines is 2. The van der Waals surface area contributed by atoms with Gasteiger partial charge < -0.3 is 20.9 Å². The minimum absolute atomic E-state index is 0.453. The highest BCUT2D eigenvalue weighted by atomic mass is 16.5. The van der Waals surface area contributed by atoms with E-state index in [4.69, 9.17) is 20.9 Å². The Hall–Kier alpha value is -2.98. The van der Waals surface area contributed by atoms with E-state index >= 15 is 0 Å². The van der Waals surface area contributed by atoms with Crippen LogP contribution in [-0.2, 0) is 15.9 Å². The van der Waals surface area contributed by atoms with Gasteiger partial charge in [-0.2, -0.15) is 0 Å². The number of hydrogen-bond acceptors (Lipinski definition) is 4. The predicted molar refractivity (Wildman–Crippen MR) is 112 cm³/mol. The average Bonchev–Trinajstić information content (AvgIpc) is 2.88. The third-order valence-electron chi connectivity index (χ3n) is 6.22. The van der Waals surface area contributed by atoms with Crippen molar-refractivity contribution in [3.8, 4) is 11.5 Å². The molecule has 28 heavy (non-hydrogen) atoms. The molecule has 1 atom stereocenters. The lowest BCUT2D eigenvalue weighted by atomic mass is 9.74. The van der Waals surface area contributed by atoms with E-state index in [9.17, 15) is 0 Å². The standard InChI is InChI=1S/C24H24N2O2/c1-13-14(2)22-21(12-19(13)26)27-20-11-15(25)9-10-18(20)24(22)17-8-6-5-7-16(17)23(3,4)28-24/h5-12H,25-26H2,1-4H3. The number of fused-ring (bicyclic) bond motifs is 6. The highest BCUT2D eigenvalue weighted by molar-refractivity contribution is 5.72. The molecule has 4 N–H and O–H groups in total. The number of nitrogen functional groups attached to an aromatic ring is 2. The van der Waals surface area contributed by atoms with Crippen molar-refractivity contribution in [3.63, 3.8) is 0 Å². The SMILES string of the molecule is Cc1c(N)cc2c(c1C)C1(OC(C)(C)c3ccccc31)c1ccc(N)cc1O2. The third-order valence-corrected chi connectivity index (χ3v) is 6.22. The van der Waals surface area contributed by atoms with Crippen LogP contribution in [-0.4, -0.2) is 0 Å². The predicted octanol–water partition coefficient (Wildman–Crippen LogP) is 5.13. The summed E-state index contributed by atoms with van der Waals surface area (Å²) in [6.07, 6.45) is 0. The van der Waals surface area contributed by atoms with E-state index < -0.39 is 11.2 Å². The smallest absolute Gasteiger partial charge is 0.152 e. The molecule has 2 aliphatic heterocycles. The summed E-state index contributed by atoms with van der Waals surface area (Å²) in [6, 6.07) is 16.1. The van der Waals surface area contributed by atoms with Crippen molar-refractivity contribution in [1.29, 1.82) is 0 Å². The van der Waals surface area contributed by atoms with Crippen LogP contribution in [0.4, 0.5) is 11.4 Å². The first-order valence-corrected chi connectivity index (χ1v) is 9.54. The summed E-state index contributed by atoms with van der Waals surface area (Å²) in [4.78, 5) is 0. The molecule has 3 aromatic rings. The first kappa shape index (κ1) is 17.1. The van der Waals surface area contributed by atoms with E-state index in [1.807, 2.05) is 31.2 Å². The van der Waals surface area contributed by atoms with Gasteiger partial charge in [-0.3, -0.25) is 0 Å². The highest BCUT2D eigenvalue weighted by Gasteiger charge is 2.56. The molecule has 5 rings (SSSR count). The van der Waals surface area contributed by atoms with Gasteiger partial charge in [0.2, 0.25) is 0 Å². The summed E-state index contributed by atoms with van der Waals surface area (Å²) in [5, 5.41) is 0. The summed E-state index contributed by atoms with van der Waals surface area (Å²) in [7, 11) is 0. The van der Waals surface area contributed by atoms with Crippen LogP contribution in [0.5, 0.6) is 11.5 Å². The molecule has 2 heterocycles. The van der Waals surface area contributed by atoms with Gasteiger partial charge in [-0.05, 0) is 62.1 Å². The van der Waals surface area contributed by atoms with Gasteiger partial charge in [-0.25, -0.2) is 0 Å². The fourth-order valence-electron chi connectivity index (χ4n) is 4.79. The Labute approximate surface area is 165 Å². The maximum atomic E-state index is 6.95. The molecule has 0 radical (unpaired) electrons. The Bertz CT molecular complexity index is 1150. The third kappa shape index (κ3) is 1.98. The van der Waals surface area contributed by atoms with Crippen LogP contribution >= 0.6 is 0 Å². The second kappa shape index (κ2) is 5.30. The first-order valence-electron chi connectivity index (χ1n) is 9.54. The number of rotatable bonds is 0. The maximum Gasteiger partial charge on any atom is 0.152 e. The van der Waals surface area contributed by atoms with E-state index in [1.165, 1.54) is 5.56 Å². The van der Waals surface area contributed by atoms with Crippen LogP contribution in [0.2, 0.25) is 0 Å². The fourth-order valence-corrected chi connectivity index (χ4v) is 4.79. The maximum absolute atomic E-state index is 6.95. The van der Waals surface area contributed by atoms with Crippen molar-refractivity contribution in [2.75, 3.05) is 11.5 Å². The molecule has 4 heteroatoms. The lowest BCUT2D eigenvalue weighted by Gasteiger charge is -2.40. The number of ether oxygens (including phenoxy) is 2. The second-order valence-electron chi connectivity index (χ2n) is 8.29. The summed E-state index contributed by atoms with van der Waals surface area (Å²) in [5.41, 5.74) is 19.0. The Morgan fingerprint density at radius 1 is 0.786 bits per heavy atom. The topological polar surface area (TPSA) is 70.5 Å². The van der Waals surface area contributed by atoms with Gasteiger partial charge in [0.1, 0.15) is 11.5 Å². The average molecular weight is 372 g/mol. The normalized spacial score (nSPS) is 21.0. The van der Waals surface area contributed by atoms with Crippen LogP contribution < -0.4 is 16.2 Å². The van der Waals surface area contributed by atoms with Gasteiger partial charge in [0.15, 0.2) is 5.60 Å². The van der Waals surface area contributed by atoms with E-state index in [2.05, 4.69) is 45.0 Å². The molecule has 1 unspecified atom stereocenters. The van der Waals surface area contributed by atoms with Gasteiger partial charge in [-0.1, -0.05) is 24.3 Å². The van der Waals surface area contributed by atoms with E-state index in [-0.39, 0.29) is 0 Å². The lowest BCUT2D eigenvalue weighted by molar-refractivity contribution is -0.0840. The van der Waals surface area contributed by atoms with Crippen molar-refractivity contribution in [3.05, 3.63) is 81.9 Å². The molecule has 0 fully saturated rings. The zero-order valence-corrected chi connectivity index (χ0v) is 16.6. The lowest BCUT2D eigenvalue weighted by Crippen LogP contribution is -2.36. The molecule has 0 aromatic heterocycles. The van der Waals surface area contributed by atoms with Crippen molar-refractivity contribution >= 4 is 11.4 Å². The second-order valence-corrected chi connectivity index (χ2v) is 8.29. The van der Waals surface area contributed by atoms with Crippen LogP contribution in [0.25, 0.3) is 0 Å². The van der Waals surface area contributed by atoms with Gasteiger partial charge in [0.05, 0.1) is 5.60 Å². The zero-order valence-electron chi connectivity index (χ0n) is 16.6. The summed E-state index contributed by atoms with van der Waals surface area (Å²) >= 11 is 0. The highest BCUT2D eigenvalue weighted by Crippen LogP contribution is 2.61. The van der Waals surface area contributed by atoms with Gasteiger partial charge in [0.25, 0.3) is 0 Å². The van der Waals surface area contributed by atoms with Crippen molar-refractivity contribution in [2.24, 2.45) is 0 Å². The van der Waals surface area contributed by atoms with Crippen LogP contribution in [0.1, 0.15) is 47.2 Å². The molecule has 0 bridgehead atoms. The van der Waals surface area contributed by atoms with Crippen molar-refractivity contribution in [2.45, 2.75) is 38.9 Å². The molecule has 0 aliphatic carbocycles. The molecule has 0 amide bonds. The molecule has 0 saturated heterocycles. The minimum atomic E-state index is -0.765. The van der Waals surface area contributed by atoms with Gasteiger partial charge >= 0.3 is 0 Å². The van der Waals surface area contributed by atoms with Gasteiger partial charge in [-0.15, -0.1) is 0 Å². The molecule has 1 spiro atoms. The summed E-state index contributed by atoms with van der Waals surface area (Å²) < 4.78 is 13.3. The van der Waals surface area contributed by atoms with Gasteiger partial charge in [0, 0.05) is 34.6 Å². The van der Waals surface area contributed by atoms with E-state index in [1.54, 1.807) is 0 Å². The summed E-state index contributed by atoms with van der Waals surface area (Å²) in [6.45, 7) is 8.37. The number of hydrogen-bond donors (Lipinski definition) is 2. The van der Waals surface area contributed by atoms with Crippen molar-refractivity contribution in [1.82, 2.24) is 0 Å².